The first kappa shape index (κ1) is 23.6. The molecule has 3 aliphatic rings. The van der Waals surface area contributed by atoms with Gasteiger partial charge in [0.25, 0.3) is 0 Å². The Balaban J connectivity index is 1.41. The van der Waals surface area contributed by atoms with E-state index in [1.54, 1.807) is 0 Å². The van der Waals surface area contributed by atoms with Crippen molar-refractivity contribution in [2.75, 3.05) is 39.3 Å². The van der Waals surface area contributed by atoms with Gasteiger partial charge in [-0.15, -0.1) is 0 Å². The zero-order valence-corrected chi connectivity index (χ0v) is 20.2. The molecule has 3 heterocycles. The highest BCUT2D eigenvalue weighted by Crippen LogP contribution is 2.35. The monoisotopic (exact) mass is 414 g/mol. The molecule has 2 atom stereocenters. The third kappa shape index (κ3) is 7.00. The fourth-order valence-corrected chi connectivity index (χ4v) is 5.08. The Kier molecular flexibility index (Phi) is 7.26. The third-order valence-corrected chi connectivity index (χ3v) is 6.64. The Bertz CT molecular complexity index is 653. The van der Waals surface area contributed by atoms with Gasteiger partial charge in [0.2, 0.25) is 0 Å². The molecule has 0 amide bonds. The fraction of sp³-hybridized carbons (Fsp3) is 0.846. The van der Waals surface area contributed by atoms with Crippen LogP contribution in [-0.2, 0) is 9.47 Å². The summed E-state index contributed by atoms with van der Waals surface area (Å²) < 4.78 is 12.5. The van der Waals surface area contributed by atoms with Gasteiger partial charge in [-0.3, -0.25) is 9.80 Å². The summed E-state index contributed by atoms with van der Waals surface area (Å²) in [6.45, 7) is 18.9. The Morgan fingerprint density at radius 2 is 0.967 bits per heavy atom. The van der Waals surface area contributed by atoms with E-state index >= 15 is 0 Å². The van der Waals surface area contributed by atoms with Crippen molar-refractivity contribution in [2.24, 2.45) is 0 Å². The highest BCUT2D eigenvalue weighted by molar-refractivity contribution is 5.17. The lowest BCUT2D eigenvalue weighted by Gasteiger charge is -2.40. The standard InChI is InChI=1S/C26H42N2O2/c1-23(2)11-7-13-25(5,29-23)15-9-17-27-19-21-28(22-20-27)18-10-16-26(6)14-8-12-24(3,4)30-26/h7-8,11-14,17-22H2,1-6H3/t25-,26-/m1/s1. The van der Waals surface area contributed by atoms with E-state index in [0.29, 0.717) is 0 Å². The van der Waals surface area contributed by atoms with Gasteiger partial charge in [-0.25, -0.2) is 0 Å². The van der Waals surface area contributed by atoms with Gasteiger partial charge < -0.3 is 9.47 Å². The number of piperazine rings is 1. The van der Waals surface area contributed by atoms with Crippen LogP contribution in [0.5, 0.6) is 0 Å². The molecule has 0 aliphatic carbocycles. The Morgan fingerprint density at radius 1 is 0.600 bits per heavy atom. The van der Waals surface area contributed by atoms with Crippen LogP contribution < -0.4 is 0 Å². The van der Waals surface area contributed by atoms with Crippen molar-refractivity contribution < 1.29 is 9.47 Å². The summed E-state index contributed by atoms with van der Waals surface area (Å²) >= 11 is 0. The van der Waals surface area contributed by atoms with Crippen LogP contribution in [0.2, 0.25) is 0 Å². The number of hydrogen-bond donors (Lipinski definition) is 0. The number of ether oxygens (including phenoxy) is 2. The maximum atomic E-state index is 6.26. The quantitative estimate of drug-likeness (QED) is 0.636. The lowest BCUT2D eigenvalue weighted by Crippen LogP contribution is -2.46. The molecule has 3 fully saturated rings. The van der Waals surface area contributed by atoms with E-state index in [1.165, 1.54) is 12.8 Å². The largest absolute Gasteiger partial charge is 0.357 e. The van der Waals surface area contributed by atoms with Crippen LogP contribution in [0.4, 0.5) is 0 Å². The third-order valence-electron chi connectivity index (χ3n) is 6.64. The average Bonchev–Trinajstić information content (AvgIpc) is 2.60. The van der Waals surface area contributed by atoms with E-state index in [1.807, 2.05) is 0 Å². The van der Waals surface area contributed by atoms with Gasteiger partial charge in [0.05, 0.1) is 24.3 Å². The molecule has 4 nitrogen and oxygen atoms in total. The molecule has 0 spiro atoms. The number of nitrogens with zero attached hydrogens (tertiary/aromatic N) is 2. The molecule has 168 valence electrons. The minimum absolute atomic E-state index is 0.0518. The van der Waals surface area contributed by atoms with E-state index in [4.69, 9.17) is 9.47 Å². The van der Waals surface area contributed by atoms with Crippen molar-refractivity contribution >= 4 is 0 Å². The molecule has 0 aromatic carbocycles. The van der Waals surface area contributed by atoms with Gasteiger partial charge in [-0.2, -0.15) is 0 Å². The summed E-state index contributed by atoms with van der Waals surface area (Å²) in [7, 11) is 0. The molecular formula is C26H42N2O2. The lowest BCUT2D eigenvalue weighted by molar-refractivity contribution is -0.135. The van der Waals surface area contributed by atoms with Crippen molar-refractivity contribution in [3.63, 3.8) is 0 Å². The van der Waals surface area contributed by atoms with Crippen molar-refractivity contribution in [2.45, 2.75) is 102 Å². The normalized spacial score (nSPS) is 34.3. The molecule has 0 aromatic rings. The van der Waals surface area contributed by atoms with Gasteiger partial charge in [-0.05, 0) is 80.1 Å². The maximum absolute atomic E-state index is 6.26. The van der Waals surface area contributed by atoms with Gasteiger partial charge in [0.15, 0.2) is 0 Å². The van der Waals surface area contributed by atoms with Crippen molar-refractivity contribution in [1.82, 2.24) is 9.80 Å². The van der Waals surface area contributed by atoms with Gasteiger partial charge in [0.1, 0.15) is 11.2 Å². The highest BCUT2D eigenvalue weighted by Gasteiger charge is 2.36. The molecule has 0 radical (unpaired) electrons. The zero-order chi connectivity index (χ0) is 21.9. The molecule has 0 saturated carbocycles. The van der Waals surface area contributed by atoms with E-state index in [0.717, 1.165) is 65.0 Å². The fourth-order valence-electron chi connectivity index (χ4n) is 5.08. The van der Waals surface area contributed by atoms with Crippen molar-refractivity contribution in [3.05, 3.63) is 0 Å². The summed E-state index contributed by atoms with van der Waals surface area (Å²) in [5, 5.41) is 0. The SMILES string of the molecule is CC1(C)CCC[C@](C)(C#CCN2CCN(CC#C[C@@]3(C)CCCC(C)(C)O3)CC2)O1. The first-order valence-electron chi connectivity index (χ1n) is 11.8. The van der Waals surface area contributed by atoms with Gasteiger partial charge >= 0.3 is 0 Å². The minimum atomic E-state index is -0.287. The van der Waals surface area contributed by atoms with E-state index < -0.39 is 0 Å². The zero-order valence-electron chi connectivity index (χ0n) is 20.2. The van der Waals surface area contributed by atoms with Gasteiger partial charge in [-0.1, -0.05) is 23.7 Å². The molecule has 0 N–H and O–H groups in total. The Hall–Kier alpha value is -1.04. The molecule has 0 unspecified atom stereocenters. The van der Waals surface area contributed by atoms with Crippen molar-refractivity contribution in [3.8, 4) is 23.7 Å². The summed E-state index contributed by atoms with van der Waals surface area (Å²) in [4.78, 5) is 4.89. The molecule has 3 saturated heterocycles. The average molecular weight is 415 g/mol. The Morgan fingerprint density at radius 3 is 1.30 bits per heavy atom. The van der Waals surface area contributed by atoms with Crippen LogP contribution in [0.1, 0.15) is 80.1 Å². The summed E-state index contributed by atoms with van der Waals surface area (Å²) in [5.41, 5.74) is -0.677. The minimum Gasteiger partial charge on any atom is -0.357 e. The Labute approximate surface area is 185 Å². The second-order valence-electron chi connectivity index (χ2n) is 11.0. The second kappa shape index (κ2) is 9.22. The molecule has 3 aliphatic heterocycles. The van der Waals surface area contributed by atoms with E-state index in [9.17, 15) is 0 Å². The predicted molar refractivity (Wildman–Crippen MR) is 123 cm³/mol. The van der Waals surface area contributed by atoms with E-state index in [2.05, 4.69) is 75.0 Å². The molecule has 4 heteroatoms. The number of rotatable bonds is 2. The van der Waals surface area contributed by atoms with Crippen LogP contribution in [-0.4, -0.2) is 71.5 Å². The van der Waals surface area contributed by atoms with Crippen LogP contribution in [0.3, 0.4) is 0 Å². The summed E-state index contributed by atoms with van der Waals surface area (Å²) in [6, 6.07) is 0. The summed E-state index contributed by atoms with van der Waals surface area (Å²) in [6.07, 6.45) is 6.71. The predicted octanol–water partition coefficient (Wildman–Crippen LogP) is 4.09. The van der Waals surface area contributed by atoms with Crippen molar-refractivity contribution in [1.29, 1.82) is 0 Å². The molecule has 0 aromatic heterocycles. The topological polar surface area (TPSA) is 24.9 Å². The lowest BCUT2D eigenvalue weighted by atomic mass is 9.88. The van der Waals surface area contributed by atoms with Crippen LogP contribution in [0, 0.1) is 23.7 Å². The van der Waals surface area contributed by atoms with Gasteiger partial charge in [0, 0.05) is 26.2 Å². The highest BCUT2D eigenvalue weighted by atomic mass is 16.5. The van der Waals surface area contributed by atoms with E-state index in [-0.39, 0.29) is 22.4 Å². The summed E-state index contributed by atoms with van der Waals surface area (Å²) in [5.74, 6) is 13.7. The first-order chi connectivity index (χ1) is 14.0. The first-order valence-corrected chi connectivity index (χ1v) is 11.8. The van der Waals surface area contributed by atoms with Crippen LogP contribution in [0.25, 0.3) is 0 Å². The molecular weight excluding hydrogens is 372 g/mol. The molecule has 0 bridgehead atoms. The van der Waals surface area contributed by atoms with Crippen LogP contribution in [0.15, 0.2) is 0 Å². The second-order valence-corrected chi connectivity index (χ2v) is 11.0. The molecule has 3 rings (SSSR count). The maximum Gasteiger partial charge on any atom is 0.126 e. The molecule has 30 heavy (non-hydrogen) atoms. The smallest absolute Gasteiger partial charge is 0.126 e. The van der Waals surface area contributed by atoms with Crippen LogP contribution >= 0.6 is 0 Å². The number of hydrogen-bond acceptors (Lipinski definition) is 4.